The van der Waals surface area contributed by atoms with Crippen molar-refractivity contribution in [2.24, 2.45) is 17.8 Å². The summed E-state index contributed by atoms with van der Waals surface area (Å²) in [7, 11) is 0. The molecule has 0 unspecified atom stereocenters. The van der Waals surface area contributed by atoms with Crippen molar-refractivity contribution in [2.75, 3.05) is 0 Å². The molecule has 2 aromatic rings. The predicted molar refractivity (Wildman–Crippen MR) is 99.7 cm³/mol. The molecule has 134 valence electrons. The minimum absolute atomic E-state index is 0.0382. The number of amides is 1. The van der Waals surface area contributed by atoms with E-state index in [1.54, 1.807) is 6.07 Å². The van der Waals surface area contributed by atoms with E-state index in [4.69, 9.17) is 4.98 Å². The van der Waals surface area contributed by atoms with Gasteiger partial charge < -0.3 is 10.3 Å². The summed E-state index contributed by atoms with van der Waals surface area (Å²) in [5.74, 6) is 1.16. The molecule has 2 bridgehead atoms. The zero-order valence-corrected chi connectivity index (χ0v) is 14.7. The van der Waals surface area contributed by atoms with Crippen LogP contribution in [-0.2, 0) is 4.79 Å². The summed E-state index contributed by atoms with van der Waals surface area (Å²) in [5, 5.41) is 3.86. The summed E-state index contributed by atoms with van der Waals surface area (Å²) in [4.78, 5) is 33.3. The molecule has 3 aliphatic rings. The maximum absolute atomic E-state index is 13.1. The third-order valence-electron chi connectivity index (χ3n) is 6.41. The van der Waals surface area contributed by atoms with Crippen molar-refractivity contribution < 1.29 is 4.79 Å². The van der Waals surface area contributed by atoms with Crippen molar-refractivity contribution in [2.45, 2.75) is 44.1 Å². The second-order valence-electron chi connectivity index (χ2n) is 7.96. The van der Waals surface area contributed by atoms with E-state index >= 15 is 0 Å². The van der Waals surface area contributed by atoms with Gasteiger partial charge in [0.1, 0.15) is 5.82 Å². The van der Waals surface area contributed by atoms with Gasteiger partial charge in [-0.3, -0.25) is 9.59 Å². The van der Waals surface area contributed by atoms with E-state index in [2.05, 4.69) is 22.5 Å². The molecule has 1 amide bonds. The summed E-state index contributed by atoms with van der Waals surface area (Å²) in [6, 6.07) is 7.70. The Hall–Kier alpha value is -2.43. The molecule has 2 saturated carbocycles. The van der Waals surface area contributed by atoms with E-state index in [-0.39, 0.29) is 35.1 Å². The van der Waals surface area contributed by atoms with E-state index in [9.17, 15) is 9.59 Å². The highest BCUT2D eigenvalue weighted by Gasteiger charge is 2.50. The maximum atomic E-state index is 13.1. The quantitative estimate of drug-likeness (QED) is 0.837. The number of para-hydroxylation sites is 1. The molecule has 3 aliphatic carbocycles. The summed E-state index contributed by atoms with van der Waals surface area (Å²) < 4.78 is 0. The van der Waals surface area contributed by atoms with Crippen LogP contribution in [0.3, 0.4) is 0 Å². The van der Waals surface area contributed by atoms with Gasteiger partial charge in [0.25, 0.3) is 5.56 Å². The van der Waals surface area contributed by atoms with Gasteiger partial charge in [0.15, 0.2) is 0 Å². The van der Waals surface area contributed by atoms with Crippen LogP contribution in [0.2, 0.25) is 0 Å². The third-order valence-corrected chi connectivity index (χ3v) is 6.41. The summed E-state index contributed by atoms with van der Waals surface area (Å²) in [5.41, 5.74) is 0.584. The fraction of sp³-hybridized carbons (Fsp3) is 0.476. The van der Waals surface area contributed by atoms with Gasteiger partial charge in [0, 0.05) is 12.0 Å². The Morgan fingerprint density at radius 2 is 1.88 bits per heavy atom. The van der Waals surface area contributed by atoms with Crippen LogP contribution >= 0.6 is 0 Å². The molecule has 4 atom stereocenters. The first-order valence-electron chi connectivity index (χ1n) is 9.68. The lowest BCUT2D eigenvalue weighted by Crippen LogP contribution is -2.41. The molecule has 5 nitrogen and oxygen atoms in total. The lowest BCUT2D eigenvalue weighted by atomic mass is 9.81. The number of hydrogen-bond donors (Lipinski definition) is 2. The molecule has 2 N–H and O–H groups in total. The molecular weight excluding hydrogens is 326 g/mol. The minimum Gasteiger partial charge on any atom is -0.353 e. The van der Waals surface area contributed by atoms with Crippen LogP contribution in [0.15, 0.2) is 41.2 Å². The van der Waals surface area contributed by atoms with Crippen LogP contribution in [0.4, 0.5) is 0 Å². The van der Waals surface area contributed by atoms with Crippen molar-refractivity contribution in [1.29, 1.82) is 0 Å². The molecule has 2 fully saturated rings. The van der Waals surface area contributed by atoms with Crippen molar-refractivity contribution in [1.82, 2.24) is 15.3 Å². The Kier molecular flexibility index (Phi) is 3.69. The standard InChI is InChI=1S/C21H23N3O2/c25-20-15-7-3-4-8-16(15)23-19(24-20)17-12-9-10-13(11-12)18(17)21(26)22-14-5-1-2-6-14/h3-4,7-10,12-14,17-18H,1-2,5-6,11H2,(H,22,26)(H,23,24,25)/t12-,13-,17+,18-/m0/s1. The number of nitrogens with zero attached hydrogens (tertiary/aromatic N) is 1. The van der Waals surface area contributed by atoms with E-state index in [1.165, 1.54) is 12.8 Å². The number of aromatic amines is 1. The predicted octanol–water partition coefficient (Wildman–Crippen LogP) is 2.89. The van der Waals surface area contributed by atoms with Crippen LogP contribution in [0, 0.1) is 17.8 Å². The highest BCUT2D eigenvalue weighted by atomic mass is 16.2. The number of benzene rings is 1. The number of carbonyl (C=O) groups is 1. The molecule has 1 aromatic carbocycles. The Labute approximate surface area is 151 Å². The van der Waals surface area contributed by atoms with Crippen molar-refractivity contribution >= 4 is 16.8 Å². The Bertz CT molecular complexity index is 942. The van der Waals surface area contributed by atoms with Gasteiger partial charge >= 0.3 is 0 Å². The van der Waals surface area contributed by atoms with Gasteiger partial charge in [-0.2, -0.15) is 0 Å². The fourth-order valence-corrected chi connectivity index (χ4v) is 5.18. The lowest BCUT2D eigenvalue weighted by Gasteiger charge is -2.27. The highest BCUT2D eigenvalue weighted by Crippen LogP contribution is 2.52. The molecule has 0 spiro atoms. The number of fused-ring (bicyclic) bond motifs is 3. The Morgan fingerprint density at radius 3 is 2.73 bits per heavy atom. The highest BCUT2D eigenvalue weighted by molar-refractivity contribution is 5.82. The van der Waals surface area contributed by atoms with Crippen molar-refractivity contribution in [3.63, 3.8) is 0 Å². The van der Waals surface area contributed by atoms with Crippen LogP contribution in [0.1, 0.15) is 43.8 Å². The Morgan fingerprint density at radius 1 is 1.12 bits per heavy atom. The van der Waals surface area contributed by atoms with Gasteiger partial charge in [0.05, 0.1) is 16.8 Å². The first-order valence-corrected chi connectivity index (χ1v) is 9.68. The third kappa shape index (κ3) is 2.49. The van der Waals surface area contributed by atoms with Gasteiger partial charge in [-0.15, -0.1) is 0 Å². The maximum Gasteiger partial charge on any atom is 0.258 e. The van der Waals surface area contributed by atoms with Gasteiger partial charge in [-0.25, -0.2) is 4.98 Å². The number of carbonyl (C=O) groups excluding carboxylic acids is 1. The smallest absolute Gasteiger partial charge is 0.258 e. The van der Waals surface area contributed by atoms with Crippen LogP contribution < -0.4 is 10.9 Å². The van der Waals surface area contributed by atoms with E-state index in [0.717, 1.165) is 19.3 Å². The van der Waals surface area contributed by atoms with E-state index in [0.29, 0.717) is 22.8 Å². The SMILES string of the molecule is O=C(NC1CCCC1)[C@@H]1[C@H](c2nc3ccccc3c(=O)[nH]2)[C@H]2C=C[C@H]1C2. The van der Waals surface area contributed by atoms with Gasteiger partial charge in [0.2, 0.25) is 5.91 Å². The first kappa shape index (κ1) is 15.8. The molecule has 1 heterocycles. The van der Waals surface area contributed by atoms with E-state index in [1.807, 2.05) is 18.2 Å². The number of aromatic nitrogens is 2. The molecule has 0 aliphatic heterocycles. The zero-order chi connectivity index (χ0) is 17.7. The molecule has 0 saturated heterocycles. The Balaban J connectivity index is 1.51. The van der Waals surface area contributed by atoms with Crippen LogP contribution in [-0.4, -0.2) is 21.9 Å². The van der Waals surface area contributed by atoms with Gasteiger partial charge in [-0.05, 0) is 43.2 Å². The minimum atomic E-state index is -0.130. The monoisotopic (exact) mass is 349 g/mol. The zero-order valence-electron chi connectivity index (χ0n) is 14.7. The fourth-order valence-electron chi connectivity index (χ4n) is 5.18. The summed E-state index contributed by atoms with van der Waals surface area (Å²) in [6.45, 7) is 0. The molecule has 5 heteroatoms. The average Bonchev–Trinajstić information content (AvgIpc) is 3.38. The number of allylic oxidation sites excluding steroid dienone is 2. The number of H-pyrrole nitrogens is 1. The van der Waals surface area contributed by atoms with Crippen molar-refractivity contribution in [3.8, 4) is 0 Å². The molecule has 5 rings (SSSR count). The largest absolute Gasteiger partial charge is 0.353 e. The number of rotatable bonds is 3. The molecule has 26 heavy (non-hydrogen) atoms. The second kappa shape index (κ2) is 6.08. The summed E-state index contributed by atoms with van der Waals surface area (Å²) in [6.07, 6.45) is 9.92. The van der Waals surface area contributed by atoms with Crippen LogP contribution in [0.5, 0.6) is 0 Å². The molecule has 1 aromatic heterocycles. The first-order chi connectivity index (χ1) is 12.7. The van der Waals surface area contributed by atoms with Crippen LogP contribution in [0.25, 0.3) is 10.9 Å². The molecule has 0 radical (unpaired) electrons. The van der Waals surface area contributed by atoms with Crippen molar-refractivity contribution in [3.05, 3.63) is 52.6 Å². The number of hydrogen-bond acceptors (Lipinski definition) is 3. The average molecular weight is 349 g/mol. The summed E-state index contributed by atoms with van der Waals surface area (Å²) >= 11 is 0. The normalized spacial score (nSPS) is 30.3. The van der Waals surface area contributed by atoms with E-state index < -0.39 is 0 Å². The topological polar surface area (TPSA) is 74.8 Å². The van der Waals surface area contributed by atoms with Gasteiger partial charge in [-0.1, -0.05) is 37.1 Å². The second-order valence-corrected chi connectivity index (χ2v) is 7.96. The molecular formula is C21H23N3O2. The lowest BCUT2D eigenvalue weighted by molar-refractivity contribution is -0.127. The number of nitrogens with one attached hydrogen (secondary N) is 2.